The average molecular weight is 217 g/mol. The Morgan fingerprint density at radius 2 is 2.31 bits per heavy atom. The molecule has 82 valence electrons. The van der Waals surface area contributed by atoms with E-state index >= 15 is 0 Å². The van der Waals surface area contributed by atoms with E-state index in [1.807, 2.05) is 6.07 Å². The number of hydrogen-bond donors (Lipinski definition) is 0. The molecular formula is C11H11N3O2. The summed E-state index contributed by atoms with van der Waals surface area (Å²) in [7, 11) is 1.36. The molecule has 2 aromatic rings. The van der Waals surface area contributed by atoms with Crippen molar-refractivity contribution in [2.45, 2.75) is 18.8 Å². The molecule has 5 heteroatoms. The van der Waals surface area contributed by atoms with E-state index in [4.69, 9.17) is 4.74 Å². The van der Waals surface area contributed by atoms with Crippen molar-refractivity contribution in [3.05, 3.63) is 29.7 Å². The van der Waals surface area contributed by atoms with Crippen LogP contribution in [0.1, 0.15) is 35.1 Å². The highest BCUT2D eigenvalue weighted by Crippen LogP contribution is 2.38. The summed E-state index contributed by atoms with van der Waals surface area (Å²) in [6, 6.07) is 5.31. The second-order valence-electron chi connectivity index (χ2n) is 3.92. The van der Waals surface area contributed by atoms with Gasteiger partial charge in [-0.2, -0.15) is 5.10 Å². The summed E-state index contributed by atoms with van der Waals surface area (Å²) < 4.78 is 6.26. The molecular weight excluding hydrogens is 206 g/mol. The first-order chi connectivity index (χ1) is 7.79. The van der Waals surface area contributed by atoms with E-state index in [0.29, 0.717) is 17.3 Å². The van der Waals surface area contributed by atoms with Gasteiger partial charge in [0.15, 0.2) is 17.2 Å². The van der Waals surface area contributed by atoms with Crippen molar-refractivity contribution in [2.75, 3.05) is 7.11 Å². The van der Waals surface area contributed by atoms with Gasteiger partial charge in [-0.05, 0) is 25.0 Å². The lowest BCUT2D eigenvalue weighted by Crippen LogP contribution is -2.08. The predicted octanol–water partition coefficient (Wildman–Crippen LogP) is 1.39. The largest absolute Gasteiger partial charge is 0.464 e. The number of nitrogens with zero attached hydrogens (tertiary/aromatic N) is 3. The van der Waals surface area contributed by atoms with Crippen LogP contribution in [0.2, 0.25) is 0 Å². The Kier molecular flexibility index (Phi) is 1.92. The fourth-order valence-corrected chi connectivity index (χ4v) is 1.70. The monoisotopic (exact) mass is 217 g/mol. The third-order valence-corrected chi connectivity index (χ3v) is 2.71. The number of ether oxygens (including phenoxy) is 1. The Bertz CT molecular complexity index is 557. The van der Waals surface area contributed by atoms with Gasteiger partial charge in [0.1, 0.15) is 0 Å². The zero-order valence-electron chi connectivity index (χ0n) is 8.88. The molecule has 0 aromatic carbocycles. The molecule has 2 heterocycles. The summed E-state index contributed by atoms with van der Waals surface area (Å²) in [5.41, 5.74) is 1.12. The normalized spacial score (nSPS) is 15.3. The van der Waals surface area contributed by atoms with Gasteiger partial charge in [-0.3, -0.25) is 0 Å². The summed E-state index contributed by atoms with van der Waals surface area (Å²) in [6.07, 6.45) is 2.29. The Morgan fingerprint density at radius 3 is 3.00 bits per heavy atom. The summed E-state index contributed by atoms with van der Waals surface area (Å²) in [5.74, 6) is 0.916. The summed E-state index contributed by atoms with van der Waals surface area (Å²) in [4.78, 5) is 15.9. The molecule has 1 saturated carbocycles. The predicted molar refractivity (Wildman–Crippen MR) is 56.3 cm³/mol. The van der Waals surface area contributed by atoms with Gasteiger partial charge in [-0.25, -0.2) is 14.3 Å². The molecule has 2 aromatic heterocycles. The van der Waals surface area contributed by atoms with Crippen LogP contribution >= 0.6 is 0 Å². The fourth-order valence-electron chi connectivity index (χ4n) is 1.70. The third-order valence-electron chi connectivity index (χ3n) is 2.71. The zero-order chi connectivity index (χ0) is 11.1. The molecule has 16 heavy (non-hydrogen) atoms. The maximum Gasteiger partial charge on any atom is 0.356 e. The van der Waals surface area contributed by atoms with Gasteiger partial charge in [-0.1, -0.05) is 6.07 Å². The Balaban J connectivity index is 2.17. The Hall–Kier alpha value is -1.91. The zero-order valence-corrected chi connectivity index (χ0v) is 8.88. The van der Waals surface area contributed by atoms with Crippen LogP contribution in [0.4, 0.5) is 0 Å². The maximum atomic E-state index is 11.5. The van der Waals surface area contributed by atoms with E-state index in [9.17, 15) is 4.79 Å². The third kappa shape index (κ3) is 1.36. The molecule has 0 bridgehead atoms. The molecule has 0 unspecified atom stereocenters. The molecule has 1 aliphatic rings. The number of rotatable bonds is 2. The van der Waals surface area contributed by atoms with Crippen LogP contribution in [0.3, 0.4) is 0 Å². The van der Waals surface area contributed by atoms with Crippen LogP contribution in [0.5, 0.6) is 0 Å². The lowest BCUT2D eigenvalue weighted by molar-refractivity contribution is 0.0591. The molecule has 0 saturated heterocycles. The molecule has 0 aliphatic heterocycles. The first-order valence-electron chi connectivity index (χ1n) is 5.23. The summed E-state index contributed by atoms with van der Waals surface area (Å²) in [5, 5.41) is 4.35. The van der Waals surface area contributed by atoms with Gasteiger partial charge < -0.3 is 4.74 Å². The minimum Gasteiger partial charge on any atom is -0.464 e. The topological polar surface area (TPSA) is 56.5 Å². The number of aromatic nitrogens is 3. The van der Waals surface area contributed by atoms with Crippen molar-refractivity contribution in [1.29, 1.82) is 0 Å². The Morgan fingerprint density at radius 1 is 1.50 bits per heavy atom. The smallest absolute Gasteiger partial charge is 0.356 e. The van der Waals surface area contributed by atoms with Crippen LogP contribution in [-0.4, -0.2) is 27.7 Å². The van der Waals surface area contributed by atoms with Crippen LogP contribution in [0.25, 0.3) is 5.65 Å². The minimum absolute atomic E-state index is 0.391. The summed E-state index contributed by atoms with van der Waals surface area (Å²) in [6.45, 7) is 0. The van der Waals surface area contributed by atoms with E-state index in [1.165, 1.54) is 7.11 Å². The highest BCUT2D eigenvalue weighted by Gasteiger charge is 2.28. The number of hydrogen-bond acceptors (Lipinski definition) is 4. The molecule has 3 rings (SSSR count). The molecule has 0 spiro atoms. The highest BCUT2D eigenvalue weighted by molar-refractivity contribution is 5.88. The van der Waals surface area contributed by atoms with Gasteiger partial charge in [0.05, 0.1) is 7.11 Å². The number of carbonyl (C=O) groups excluding carboxylic acids is 1. The first kappa shape index (κ1) is 9.33. The van der Waals surface area contributed by atoms with E-state index in [1.54, 1.807) is 16.6 Å². The van der Waals surface area contributed by atoms with Gasteiger partial charge in [0.2, 0.25) is 0 Å². The number of carbonyl (C=O) groups is 1. The minimum atomic E-state index is -0.391. The number of esters is 1. The first-order valence-corrected chi connectivity index (χ1v) is 5.23. The van der Waals surface area contributed by atoms with Crippen LogP contribution in [0, 0.1) is 0 Å². The second-order valence-corrected chi connectivity index (χ2v) is 3.92. The van der Waals surface area contributed by atoms with Crippen molar-refractivity contribution in [1.82, 2.24) is 14.6 Å². The van der Waals surface area contributed by atoms with Gasteiger partial charge >= 0.3 is 5.97 Å². The van der Waals surface area contributed by atoms with E-state index in [2.05, 4.69) is 10.1 Å². The number of fused-ring (bicyclic) bond motifs is 1. The Labute approximate surface area is 92.1 Å². The number of methoxy groups -OCH3 is 1. The van der Waals surface area contributed by atoms with Crippen molar-refractivity contribution >= 4 is 11.6 Å². The molecule has 5 nitrogen and oxygen atoms in total. The summed E-state index contributed by atoms with van der Waals surface area (Å²) >= 11 is 0. The van der Waals surface area contributed by atoms with E-state index < -0.39 is 5.97 Å². The molecule has 1 fully saturated rings. The fraction of sp³-hybridized carbons (Fsp3) is 0.364. The molecule has 0 atom stereocenters. The van der Waals surface area contributed by atoms with Gasteiger partial charge in [0, 0.05) is 5.92 Å². The van der Waals surface area contributed by atoms with Crippen molar-refractivity contribution in [3.63, 3.8) is 0 Å². The van der Waals surface area contributed by atoms with Crippen molar-refractivity contribution in [3.8, 4) is 0 Å². The van der Waals surface area contributed by atoms with E-state index in [-0.39, 0.29) is 0 Å². The highest BCUT2D eigenvalue weighted by atomic mass is 16.5. The lowest BCUT2D eigenvalue weighted by atomic mass is 10.3. The molecule has 1 aliphatic carbocycles. The second kappa shape index (κ2) is 3.30. The van der Waals surface area contributed by atoms with Crippen molar-refractivity contribution in [2.24, 2.45) is 0 Å². The van der Waals surface area contributed by atoms with Crippen molar-refractivity contribution < 1.29 is 9.53 Å². The molecule has 0 radical (unpaired) electrons. The maximum absolute atomic E-state index is 11.5. The SMILES string of the molecule is COC(=O)c1cccc2nc(C3CC3)nn12. The van der Waals surface area contributed by atoms with E-state index in [0.717, 1.165) is 18.7 Å². The van der Waals surface area contributed by atoms with Crippen LogP contribution < -0.4 is 0 Å². The van der Waals surface area contributed by atoms with Crippen LogP contribution in [-0.2, 0) is 4.74 Å². The standard InChI is InChI=1S/C11H11N3O2/c1-16-11(15)8-3-2-4-9-12-10(7-5-6-7)13-14(8)9/h2-4,7H,5-6H2,1H3. The quantitative estimate of drug-likeness (QED) is 0.713. The van der Waals surface area contributed by atoms with Gasteiger partial charge in [0.25, 0.3) is 0 Å². The van der Waals surface area contributed by atoms with Gasteiger partial charge in [-0.15, -0.1) is 0 Å². The number of pyridine rings is 1. The lowest BCUT2D eigenvalue weighted by Gasteiger charge is -2.00. The van der Waals surface area contributed by atoms with Crippen LogP contribution in [0.15, 0.2) is 18.2 Å². The molecule has 0 amide bonds. The average Bonchev–Trinajstić information content (AvgIpc) is 3.07. The molecule has 0 N–H and O–H groups in total.